The standard InChI is InChI=1S/C9H17BrN2O/c1-7(10)6-12-8(13)4-5-9(2,3)11/h1,4-6,11H2,2-3H3,(H,12,13). The van der Waals surface area contributed by atoms with Gasteiger partial charge in [0.15, 0.2) is 0 Å². The van der Waals surface area contributed by atoms with Crippen molar-refractivity contribution in [2.75, 3.05) is 6.54 Å². The fraction of sp³-hybridized carbons (Fsp3) is 0.667. The molecule has 0 fully saturated rings. The van der Waals surface area contributed by atoms with Gasteiger partial charge in [-0.05, 0) is 20.3 Å². The Hall–Kier alpha value is -0.350. The Morgan fingerprint density at radius 1 is 1.62 bits per heavy atom. The lowest BCUT2D eigenvalue weighted by molar-refractivity contribution is -0.121. The van der Waals surface area contributed by atoms with E-state index in [1.54, 1.807) is 0 Å². The molecule has 0 aliphatic rings. The highest BCUT2D eigenvalue weighted by atomic mass is 79.9. The molecule has 0 aromatic heterocycles. The zero-order valence-corrected chi connectivity index (χ0v) is 9.78. The zero-order chi connectivity index (χ0) is 10.5. The van der Waals surface area contributed by atoms with E-state index in [0.29, 0.717) is 19.4 Å². The van der Waals surface area contributed by atoms with Crippen LogP contribution in [0.25, 0.3) is 0 Å². The third-order valence-corrected chi connectivity index (χ3v) is 1.75. The molecule has 0 aliphatic carbocycles. The predicted molar refractivity (Wildman–Crippen MR) is 58.6 cm³/mol. The van der Waals surface area contributed by atoms with Gasteiger partial charge >= 0.3 is 0 Å². The van der Waals surface area contributed by atoms with Crippen LogP contribution in [0.3, 0.4) is 0 Å². The van der Waals surface area contributed by atoms with E-state index < -0.39 is 0 Å². The molecule has 0 unspecified atom stereocenters. The molecule has 0 spiro atoms. The molecule has 0 atom stereocenters. The lowest BCUT2D eigenvalue weighted by Crippen LogP contribution is -2.34. The van der Waals surface area contributed by atoms with Crippen LogP contribution in [-0.2, 0) is 4.79 Å². The molecule has 0 saturated heterocycles. The summed E-state index contributed by atoms with van der Waals surface area (Å²) in [6.07, 6.45) is 1.15. The zero-order valence-electron chi connectivity index (χ0n) is 8.19. The predicted octanol–water partition coefficient (Wildman–Crippen LogP) is 1.53. The van der Waals surface area contributed by atoms with E-state index in [4.69, 9.17) is 5.73 Å². The van der Waals surface area contributed by atoms with Crippen LogP contribution in [-0.4, -0.2) is 18.0 Å². The summed E-state index contributed by atoms with van der Waals surface area (Å²) in [5.74, 6) is 0.0131. The second kappa shape index (κ2) is 5.40. The lowest BCUT2D eigenvalue weighted by Gasteiger charge is -2.17. The number of carbonyl (C=O) groups excluding carboxylic acids is 1. The Labute approximate surface area is 87.9 Å². The first-order chi connectivity index (χ1) is 5.81. The van der Waals surface area contributed by atoms with Crippen molar-refractivity contribution in [3.8, 4) is 0 Å². The molecular formula is C9H17BrN2O. The van der Waals surface area contributed by atoms with Crippen molar-refractivity contribution >= 4 is 21.8 Å². The fourth-order valence-electron chi connectivity index (χ4n) is 0.719. The average molecular weight is 249 g/mol. The topological polar surface area (TPSA) is 55.1 Å². The third kappa shape index (κ3) is 9.56. The summed E-state index contributed by atoms with van der Waals surface area (Å²) in [4.78, 5) is 11.2. The third-order valence-electron chi connectivity index (χ3n) is 1.47. The van der Waals surface area contributed by atoms with Crippen LogP contribution in [0, 0.1) is 0 Å². The number of hydrogen-bond acceptors (Lipinski definition) is 2. The van der Waals surface area contributed by atoms with Gasteiger partial charge < -0.3 is 11.1 Å². The van der Waals surface area contributed by atoms with E-state index in [1.165, 1.54) is 0 Å². The van der Waals surface area contributed by atoms with Gasteiger partial charge in [-0.1, -0.05) is 22.5 Å². The van der Waals surface area contributed by atoms with E-state index >= 15 is 0 Å². The van der Waals surface area contributed by atoms with Crippen LogP contribution in [0.1, 0.15) is 26.7 Å². The normalized spacial score (nSPS) is 11.1. The number of hydrogen-bond donors (Lipinski definition) is 2. The Bertz CT molecular complexity index is 196. The van der Waals surface area contributed by atoms with Crippen molar-refractivity contribution in [3.63, 3.8) is 0 Å². The second-order valence-electron chi connectivity index (χ2n) is 3.78. The molecule has 0 bridgehead atoms. The molecule has 0 radical (unpaired) electrons. The SMILES string of the molecule is C=C(Br)CNC(=O)CCC(C)(C)N. The molecule has 13 heavy (non-hydrogen) atoms. The van der Waals surface area contributed by atoms with Crippen molar-refractivity contribution in [1.29, 1.82) is 0 Å². The number of nitrogens with one attached hydrogen (secondary N) is 1. The number of carbonyl (C=O) groups is 1. The maximum atomic E-state index is 11.2. The first-order valence-corrected chi connectivity index (χ1v) is 4.99. The van der Waals surface area contributed by atoms with Gasteiger partial charge in [0, 0.05) is 23.0 Å². The Morgan fingerprint density at radius 2 is 2.15 bits per heavy atom. The fourth-order valence-corrected chi connectivity index (χ4v) is 0.859. The van der Waals surface area contributed by atoms with E-state index in [2.05, 4.69) is 27.8 Å². The Kier molecular flexibility index (Phi) is 5.25. The summed E-state index contributed by atoms with van der Waals surface area (Å²) in [5, 5.41) is 2.71. The van der Waals surface area contributed by atoms with Gasteiger partial charge in [0.05, 0.1) is 0 Å². The Balaban J connectivity index is 3.58. The molecule has 1 amide bonds. The van der Waals surface area contributed by atoms with Gasteiger partial charge in [0.2, 0.25) is 5.91 Å². The van der Waals surface area contributed by atoms with Gasteiger partial charge in [-0.25, -0.2) is 0 Å². The monoisotopic (exact) mass is 248 g/mol. The molecule has 0 aromatic carbocycles. The molecule has 0 heterocycles. The highest BCUT2D eigenvalue weighted by Gasteiger charge is 2.12. The second-order valence-corrected chi connectivity index (χ2v) is 4.90. The summed E-state index contributed by atoms with van der Waals surface area (Å²) in [5.41, 5.74) is 5.46. The minimum absolute atomic E-state index is 0.0131. The smallest absolute Gasteiger partial charge is 0.220 e. The number of amides is 1. The summed E-state index contributed by atoms with van der Waals surface area (Å²) in [6.45, 7) is 7.90. The van der Waals surface area contributed by atoms with E-state index in [-0.39, 0.29) is 11.4 Å². The van der Waals surface area contributed by atoms with Crippen LogP contribution >= 0.6 is 15.9 Å². The largest absolute Gasteiger partial charge is 0.352 e. The maximum absolute atomic E-state index is 11.2. The minimum atomic E-state index is -0.275. The van der Waals surface area contributed by atoms with Crippen molar-refractivity contribution in [2.45, 2.75) is 32.2 Å². The Morgan fingerprint density at radius 3 is 2.54 bits per heavy atom. The molecule has 0 aliphatic heterocycles. The molecule has 0 saturated carbocycles. The average Bonchev–Trinajstić information content (AvgIpc) is 1.95. The van der Waals surface area contributed by atoms with Gasteiger partial charge in [0.1, 0.15) is 0 Å². The summed E-state index contributed by atoms with van der Waals surface area (Å²) in [6, 6.07) is 0. The van der Waals surface area contributed by atoms with E-state index in [0.717, 1.165) is 4.48 Å². The van der Waals surface area contributed by atoms with Gasteiger partial charge in [0.25, 0.3) is 0 Å². The highest BCUT2D eigenvalue weighted by Crippen LogP contribution is 2.06. The van der Waals surface area contributed by atoms with E-state index in [1.807, 2.05) is 13.8 Å². The van der Waals surface area contributed by atoms with Crippen LogP contribution in [0.2, 0.25) is 0 Å². The van der Waals surface area contributed by atoms with Crippen molar-refractivity contribution in [1.82, 2.24) is 5.32 Å². The highest BCUT2D eigenvalue weighted by molar-refractivity contribution is 9.11. The van der Waals surface area contributed by atoms with E-state index in [9.17, 15) is 4.79 Å². The quantitative estimate of drug-likeness (QED) is 0.776. The first-order valence-electron chi connectivity index (χ1n) is 4.20. The lowest BCUT2D eigenvalue weighted by atomic mass is 10.00. The van der Waals surface area contributed by atoms with Gasteiger partial charge in [-0.2, -0.15) is 0 Å². The number of rotatable bonds is 5. The van der Waals surface area contributed by atoms with Gasteiger partial charge in [-0.3, -0.25) is 4.79 Å². The van der Waals surface area contributed by atoms with Crippen molar-refractivity contribution in [3.05, 3.63) is 11.1 Å². The summed E-state index contributed by atoms with van der Waals surface area (Å²) in [7, 11) is 0. The number of halogens is 1. The molecule has 76 valence electrons. The minimum Gasteiger partial charge on any atom is -0.352 e. The van der Waals surface area contributed by atoms with Crippen molar-refractivity contribution < 1.29 is 4.79 Å². The summed E-state index contributed by atoms with van der Waals surface area (Å²) >= 11 is 3.16. The first kappa shape index (κ1) is 12.7. The van der Waals surface area contributed by atoms with Crippen LogP contribution in [0.4, 0.5) is 0 Å². The molecule has 0 rings (SSSR count). The summed E-state index contributed by atoms with van der Waals surface area (Å²) < 4.78 is 0.771. The molecule has 0 aromatic rings. The maximum Gasteiger partial charge on any atom is 0.220 e. The van der Waals surface area contributed by atoms with Crippen LogP contribution in [0.5, 0.6) is 0 Å². The van der Waals surface area contributed by atoms with Crippen LogP contribution < -0.4 is 11.1 Å². The van der Waals surface area contributed by atoms with Crippen LogP contribution in [0.15, 0.2) is 11.1 Å². The van der Waals surface area contributed by atoms with Crippen molar-refractivity contribution in [2.24, 2.45) is 5.73 Å². The number of nitrogens with two attached hydrogens (primary N) is 1. The van der Waals surface area contributed by atoms with Gasteiger partial charge in [-0.15, -0.1) is 0 Å². The molecule has 4 heteroatoms. The molecular weight excluding hydrogens is 232 g/mol. The molecule has 3 N–H and O–H groups in total. The molecule has 3 nitrogen and oxygen atoms in total.